The van der Waals surface area contributed by atoms with E-state index in [2.05, 4.69) is 10.6 Å². The highest BCUT2D eigenvalue weighted by molar-refractivity contribution is 6.30. The van der Waals surface area contributed by atoms with Crippen molar-refractivity contribution >= 4 is 35.5 Å². The van der Waals surface area contributed by atoms with E-state index in [1.165, 1.54) is 18.4 Å². The molecule has 2 aromatic rings. The fourth-order valence-electron chi connectivity index (χ4n) is 1.85. The van der Waals surface area contributed by atoms with E-state index in [4.69, 9.17) is 21.1 Å². The number of nitrogens with one attached hydrogen (secondary N) is 2. The molecule has 0 saturated carbocycles. The van der Waals surface area contributed by atoms with Crippen molar-refractivity contribution in [3.05, 3.63) is 64.7 Å². The Bertz CT molecular complexity index is 782. The van der Waals surface area contributed by atoms with Crippen LogP contribution in [0.15, 0.2) is 52.8 Å². The van der Waals surface area contributed by atoms with E-state index >= 15 is 0 Å². The van der Waals surface area contributed by atoms with E-state index in [0.29, 0.717) is 10.6 Å². The first-order valence-corrected chi connectivity index (χ1v) is 7.65. The van der Waals surface area contributed by atoms with Crippen molar-refractivity contribution in [2.24, 2.45) is 0 Å². The second-order valence-corrected chi connectivity index (χ2v) is 5.38. The van der Waals surface area contributed by atoms with Crippen LogP contribution in [0.1, 0.15) is 22.5 Å². The summed E-state index contributed by atoms with van der Waals surface area (Å²) in [5.74, 6) is -2.21. The fourth-order valence-corrected chi connectivity index (χ4v) is 1.98. The van der Waals surface area contributed by atoms with E-state index in [9.17, 15) is 14.4 Å². The number of carbonyl (C=O) groups excluding carboxylic acids is 2. The number of hydrogen-bond acceptors (Lipinski definition) is 4. The molecule has 8 heteroatoms. The van der Waals surface area contributed by atoms with Crippen molar-refractivity contribution in [1.29, 1.82) is 0 Å². The van der Waals surface area contributed by atoms with E-state index in [1.54, 1.807) is 30.3 Å². The van der Waals surface area contributed by atoms with Crippen LogP contribution in [0.2, 0.25) is 5.02 Å². The third kappa shape index (κ3) is 5.82. The molecular formula is C17H15ClN2O5. The number of halogens is 1. The molecule has 0 aliphatic carbocycles. The summed E-state index contributed by atoms with van der Waals surface area (Å²) < 4.78 is 4.99. The molecule has 2 rings (SSSR count). The molecule has 130 valence electrons. The lowest BCUT2D eigenvalue weighted by Gasteiger charge is -2.10. The van der Waals surface area contributed by atoms with Crippen LogP contribution in [0.4, 0.5) is 0 Å². The highest BCUT2D eigenvalue weighted by Gasteiger charge is 2.16. The molecule has 1 heterocycles. The Balaban J connectivity index is 2.17. The topological polar surface area (TPSA) is 109 Å². The van der Waals surface area contributed by atoms with Crippen LogP contribution in [-0.4, -0.2) is 29.4 Å². The molecule has 3 N–H and O–H groups in total. The zero-order valence-corrected chi connectivity index (χ0v) is 13.7. The molecule has 0 radical (unpaired) electrons. The summed E-state index contributed by atoms with van der Waals surface area (Å²) >= 11 is 5.82. The lowest BCUT2D eigenvalue weighted by Crippen LogP contribution is -2.35. The minimum Gasteiger partial charge on any atom is -0.481 e. The van der Waals surface area contributed by atoms with Gasteiger partial charge in [-0.3, -0.25) is 14.4 Å². The SMILES string of the molecule is O=C(O)CCNC(=O)C(=Cc1ccc(Cl)cc1)NC(=O)c1ccco1. The maximum Gasteiger partial charge on any atom is 0.305 e. The van der Waals surface area contributed by atoms with Crippen LogP contribution in [0.5, 0.6) is 0 Å². The summed E-state index contributed by atoms with van der Waals surface area (Å²) in [7, 11) is 0. The van der Waals surface area contributed by atoms with Gasteiger partial charge in [-0.25, -0.2) is 0 Å². The number of carbonyl (C=O) groups is 3. The van der Waals surface area contributed by atoms with Crippen molar-refractivity contribution < 1.29 is 23.9 Å². The van der Waals surface area contributed by atoms with Gasteiger partial charge in [0.05, 0.1) is 12.7 Å². The molecule has 1 aromatic carbocycles. The van der Waals surface area contributed by atoms with Gasteiger partial charge in [0.2, 0.25) is 0 Å². The highest BCUT2D eigenvalue weighted by Crippen LogP contribution is 2.12. The number of aliphatic carboxylic acids is 1. The summed E-state index contributed by atoms with van der Waals surface area (Å²) in [5.41, 5.74) is 0.585. The van der Waals surface area contributed by atoms with Crippen molar-refractivity contribution in [3.8, 4) is 0 Å². The maximum absolute atomic E-state index is 12.3. The van der Waals surface area contributed by atoms with Gasteiger partial charge in [0, 0.05) is 11.6 Å². The zero-order valence-electron chi connectivity index (χ0n) is 13.0. The smallest absolute Gasteiger partial charge is 0.305 e. The van der Waals surface area contributed by atoms with Gasteiger partial charge >= 0.3 is 5.97 Å². The molecule has 0 bridgehead atoms. The first-order valence-electron chi connectivity index (χ1n) is 7.28. The second-order valence-electron chi connectivity index (χ2n) is 4.94. The molecule has 0 saturated heterocycles. The summed E-state index contributed by atoms with van der Waals surface area (Å²) in [5, 5.41) is 14.1. The number of rotatable bonds is 7. The standard InChI is InChI=1S/C17H15ClN2O5/c18-12-5-3-11(4-6-12)10-13(16(23)19-8-7-15(21)22)20-17(24)14-2-1-9-25-14/h1-6,9-10H,7-8H2,(H,19,23)(H,20,24)(H,21,22). The normalized spacial score (nSPS) is 11.0. The van der Waals surface area contributed by atoms with E-state index in [0.717, 1.165) is 0 Å². The van der Waals surface area contributed by atoms with Crippen molar-refractivity contribution in [2.45, 2.75) is 6.42 Å². The van der Waals surface area contributed by atoms with Gasteiger partial charge in [-0.2, -0.15) is 0 Å². The van der Waals surface area contributed by atoms with Gasteiger partial charge in [0.1, 0.15) is 5.70 Å². The van der Waals surface area contributed by atoms with E-state index in [-0.39, 0.29) is 24.4 Å². The highest BCUT2D eigenvalue weighted by atomic mass is 35.5. The number of hydrogen-bond donors (Lipinski definition) is 3. The van der Waals surface area contributed by atoms with Crippen LogP contribution >= 0.6 is 11.6 Å². The summed E-state index contributed by atoms with van der Waals surface area (Å²) in [6, 6.07) is 9.63. The number of furan rings is 1. The third-order valence-electron chi connectivity index (χ3n) is 3.04. The molecule has 0 aliphatic heterocycles. The minimum absolute atomic E-state index is 0.0420. The lowest BCUT2D eigenvalue weighted by molar-refractivity contribution is -0.136. The quantitative estimate of drug-likeness (QED) is 0.655. The predicted octanol–water partition coefficient (Wildman–Crippen LogP) is 2.29. The Kier molecular flexibility index (Phi) is 6.36. The first-order chi connectivity index (χ1) is 12.0. The largest absolute Gasteiger partial charge is 0.481 e. The van der Waals surface area contributed by atoms with Crippen molar-refractivity contribution in [2.75, 3.05) is 6.54 Å². The van der Waals surface area contributed by atoms with Crippen LogP contribution in [0, 0.1) is 0 Å². The Morgan fingerprint density at radius 1 is 1.16 bits per heavy atom. The summed E-state index contributed by atoms with van der Waals surface area (Å²) in [4.78, 5) is 34.9. The molecule has 0 atom stereocenters. The Labute approximate surface area is 148 Å². The number of carboxylic acid groups (broad SMARTS) is 1. The van der Waals surface area contributed by atoms with Crippen molar-refractivity contribution in [1.82, 2.24) is 10.6 Å². The summed E-state index contributed by atoms with van der Waals surface area (Å²) in [6.45, 7) is -0.0667. The minimum atomic E-state index is -1.04. The molecular weight excluding hydrogens is 348 g/mol. The van der Waals surface area contributed by atoms with Gasteiger partial charge in [-0.15, -0.1) is 0 Å². The molecule has 0 unspecified atom stereocenters. The van der Waals surface area contributed by atoms with Crippen LogP contribution in [-0.2, 0) is 9.59 Å². The molecule has 7 nitrogen and oxygen atoms in total. The molecule has 0 spiro atoms. The Morgan fingerprint density at radius 2 is 1.88 bits per heavy atom. The molecule has 25 heavy (non-hydrogen) atoms. The van der Waals surface area contributed by atoms with E-state index < -0.39 is 17.8 Å². The average Bonchev–Trinajstić information content (AvgIpc) is 3.10. The lowest BCUT2D eigenvalue weighted by atomic mass is 10.2. The average molecular weight is 363 g/mol. The number of amides is 2. The second kappa shape index (κ2) is 8.70. The van der Waals surface area contributed by atoms with Gasteiger partial charge in [0.15, 0.2) is 5.76 Å². The third-order valence-corrected chi connectivity index (χ3v) is 3.30. The fraction of sp³-hybridized carbons (Fsp3) is 0.118. The number of benzene rings is 1. The van der Waals surface area contributed by atoms with E-state index in [1.807, 2.05) is 0 Å². The predicted molar refractivity (Wildman–Crippen MR) is 90.9 cm³/mol. The van der Waals surface area contributed by atoms with Crippen molar-refractivity contribution in [3.63, 3.8) is 0 Å². The van der Waals surface area contributed by atoms with Gasteiger partial charge in [-0.1, -0.05) is 23.7 Å². The molecule has 2 amide bonds. The van der Waals surface area contributed by atoms with Gasteiger partial charge in [0.25, 0.3) is 11.8 Å². The van der Waals surface area contributed by atoms with Crippen LogP contribution in [0.3, 0.4) is 0 Å². The monoisotopic (exact) mass is 362 g/mol. The first kappa shape index (κ1) is 18.3. The van der Waals surface area contributed by atoms with Crippen LogP contribution < -0.4 is 10.6 Å². The molecule has 1 aromatic heterocycles. The Hall–Kier alpha value is -3.06. The molecule has 0 aliphatic rings. The zero-order chi connectivity index (χ0) is 18.2. The molecule has 0 fully saturated rings. The van der Waals surface area contributed by atoms with Gasteiger partial charge in [-0.05, 0) is 35.9 Å². The van der Waals surface area contributed by atoms with Crippen LogP contribution in [0.25, 0.3) is 6.08 Å². The summed E-state index contributed by atoms with van der Waals surface area (Å²) in [6.07, 6.45) is 2.56. The Morgan fingerprint density at radius 3 is 2.48 bits per heavy atom. The maximum atomic E-state index is 12.3. The van der Waals surface area contributed by atoms with Gasteiger partial charge < -0.3 is 20.2 Å². The number of carboxylic acids is 1.